The predicted octanol–water partition coefficient (Wildman–Crippen LogP) is 1.92. The second-order valence-corrected chi connectivity index (χ2v) is 3.81. The molecule has 0 radical (unpaired) electrons. The Hall–Kier alpha value is -1.81. The molecule has 84 valence electrons. The van der Waals surface area contributed by atoms with Crippen molar-refractivity contribution in [1.29, 1.82) is 0 Å². The van der Waals surface area contributed by atoms with Gasteiger partial charge in [-0.05, 0) is 25.2 Å². The molecule has 4 nitrogen and oxygen atoms in total. The number of hydrogen-bond donors (Lipinski definition) is 1. The molecule has 1 N–H and O–H groups in total. The second-order valence-electron chi connectivity index (χ2n) is 3.81. The number of ketones is 1. The summed E-state index contributed by atoms with van der Waals surface area (Å²) in [4.78, 5) is 16.6. The summed E-state index contributed by atoms with van der Waals surface area (Å²) in [6, 6.07) is 5.51. The van der Waals surface area contributed by atoms with Crippen LogP contribution in [0.5, 0.6) is 0 Å². The topological polar surface area (TPSA) is 49.2 Å². The molecule has 0 aliphatic heterocycles. The molecule has 0 amide bonds. The standard InChI is InChI=1S/C12H14N2O2/c1-14(7-10-4-6-16-9-10)8-12(15)11-3-2-5-13-11/h2-6,9,13H,7-8H2,1H3. The molecular weight excluding hydrogens is 204 g/mol. The molecule has 0 atom stereocenters. The summed E-state index contributed by atoms with van der Waals surface area (Å²) in [5.74, 6) is 0.0935. The van der Waals surface area contributed by atoms with Crippen LogP contribution in [0, 0.1) is 0 Å². The highest BCUT2D eigenvalue weighted by Gasteiger charge is 2.10. The normalized spacial score (nSPS) is 10.9. The molecule has 0 aliphatic rings. The molecule has 0 bridgehead atoms. The highest BCUT2D eigenvalue weighted by Crippen LogP contribution is 2.05. The molecule has 4 heteroatoms. The van der Waals surface area contributed by atoms with Gasteiger partial charge in [0.05, 0.1) is 24.8 Å². The van der Waals surface area contributed by atoms with Crippen molar-refractivity contribution in [2.75, 3.05) is 13.6 Å². The van der Waals surface area contributed by atoms with E-state index in [4.69, 9.17) is 4.42 Å². The minimum absolute atomic E-state index is 0.0935. The van der Waals surface area contributed by atoms with E-state index in [9.17, 15) is 4.79 Å². The van der Waals surface area contributed by atoms with Crippen molar-refractivity contribution < 1.29 is 9.21 Å². The third-order valence-electron chi connectivity index (χ3n) is 2.34. The minimum atomic E-state index is 0.0935. The zero-order valence-electron chi connectivity index (χ0n) is 9.14. The average Bonchev–Trinajstić information content (AvgIpc) is 2.88. The van der Waals surface area contributed by atoms with E-state index >= 15 is 0 Å². The van der Waals surface area contributed by atoms with Gasteiger partial charge < -0.3 is 9.40 Å². The number of H-pyrrole nitrogens is 1. The van der Waals surface area contributed by atoms with Crippen molar-refractivity contribution in [3.8, 4) is 0 Å². The smallest absolute Gasteiger partial charge is 0.192 e. The molecule has 2 rings (SSSR count). The van der Waals surface area contributed by atoms with Crippen LogP contribution in [0.25, 0.3) is 0 Å². The molecular formula is C12H14N2O2. The molecule has 2 aromatic heterocycles. The quantitative estimate of drug-likeness (QED) is 0.780. The van der Waals surface area contributed by atoms with Crippen LogP contribution in [0.2, 0.25) is 0 Å². The van der Waals surface area contributed by atoms with E-state index in [0.29, 0.717) is 18.8 Å². The number of likely N-dealkylation sites (N-methyl/N-ethyl adjacent to an activating group) is 1. The summed E-state index contributed by atoms with van der Waals surface area (Å²) >= 11 is 0. The maximum atomic E-state index is 11.7. The number of nitrogens with one attached hydrogen (secondary N) is 1. The Morgan fingerprint density at radius 3 is 3.00 bits per heavy atom. The van der Waals surface area contributed by atoms with Crippen molar-refractivity contribution in [3.05, 3.63) is 48.2 Å². The first-order chi connectivity index (χ1) is 7.75. The summed E-state index contributed by atoms with van der Waals surface area (Å²) in [7, 11) is 1.91. The number of furan rings is 1. The molecule has 0 spiro atoms. The maximum absolute atomic E-state index is 11.7. The number of carbonyl (C=O) groups excluding carboxylic acids is 1. The van der Waals surface area contributed by atoms with Crippen LogP contribution in [0.4, 0.5) is 0 Å². The first-order valence-electron chi connectivity index (χ1n) is 5.12. The van der Waals surface area contributed by atoms with Crippen molar-refractivity contribution in [2.24, 2.45) is 0 Å². The molecule has 0 saturated carbocycles. The zero-order valence-corrected chi connectivity index (χ0v) is 9.14. The second kappa shape index (κ2) is 4.81. The molecule has 0 fully saturated rings. The van der Waals surface area contributed by atoms with Gasteiger partial charge in [-0.1, -0.05) is 0 Å². The van der Waals surface area contributed by atoms with Gasteiger partial charge in [-0.15, -0.1) is 0 Å². The lowest BCUT2D eigenvalue weighted by atomic mass is 10.2. The van der Waals surface area contributed by atoms with Gasteiger partial charge >= 0.3 is 0 Å². The average molecular weight is 218 g/mol. The Bertz CT molecular complexity index is 432. The van der Waals surface area contributed by atoms with Crippen LogP contribution >= 0.6 is 0 Å². The number of Topliss-reactive ketones (excluding diaryl/α,β-unsaturated/α-hetero) is 1. The van der Waals surface area contributed by atoms with Crippen molar-refractivity contribution in [2.45, 2.75) is 6.54 Å². The molecule has 0 aliphatic carbocycles. The van der Waals surface area contributed by atoms with Gasteiger partial charge in [0.25, 0.3) is 0 Å². The fourth-order valence-corrected chi connectivity index (χ4v) is 1.58. The predicted molar refractivity (Wildman–Crippen MR) is 60.2 cm³/mol. The largest absolute Gasteiger partial charge is 0.472 e. The van der Waals surface area contributed by atoms with E-state index < -0.39 is 0 Å². The molecule has 0 aromatic carbocycles. The Morgan fingerprint density at radius 1 is 1.50 bits per heavy atom. The first kappa shape index (κ1) is 10.7. The Labute approximate surface area is 93.9 Å². The Morgan fingerprint density at radius 2 is 2.38 bits per heavy atom. The molecule has 0 unspecified atom stereocenters. The minimum Gasteiger partial charge on any atom is -0.472 e. The fraction of sp³-hybridized carbons (Fsp3) is 0.250. The summed E-state index contributed by atoms with van der Waals surface area (Å²) in [6.45, 7) is 1.11. The Kier molecular flexibility index (Phi) is 3.22. The Balaban J connectivity index is 1.88. The van der Waals surface area contributed by atoms with E-state index in [-0.39, 0.29) is 5.78 Å². The van der Waals surface area contributed by atoms with Gasteiger partial charge in [-0.25, -0.2) is 0 Å². The molecule has 0 saturated heterocycles. The van der Waals surface area contributed by atoms with Crippen LogP contribution in [0.1, 0.15) is 16.1 Å². The van der Waals surface area contributed by atoms with E-state index in [2.05, 4.69) is 4.98 Å². The van der Waals surface area contributed by atoms with Crippen molar-refractivity contribution in [1.82, 2.24) is 9.88 Å². The summed E-state index contributed by atoms with van der Waals surface area (Å²) in [5, 5.41) is 0. The van der Waals surface area contributed by atoms with Crippen LogP contribution in [-0.2, 0) is 6.54 Å². The van der Waals surface area contributed by atoms with E-state index in [1.54, 1.807) is 24.8 Å². The highest BCUT2D eigenvalue weighted by molar-refractivity contribution is 5.95. The van der Waals surface area contributed by atoms with Gasteiger partial charge in [0.1, 0.15) is 0 Å². The molecule has 16 heavy (non-hydrogen) atoms. The number of aromatic amines is 1. The van der Waals surface area contributed by atoms with Crippen molar-refractivity contribution >= 4 is 5.78 Å². The molecule has 2 heterocycles. The molecule has 2 aromatic rings. The lowest BCUT2D eigenvalue weighted by Gasteiger charge is -2.13. The number of rotatable bonds is 5. The van der Waals surface area contributed by atoms with Crippen LogP contribution < -0.4 is 0 Å². The monoisotopic (exact) mass is 218 g/mol. The zero-order chi connectivity index (χ0) is 11.4. The highest BCUT2D eigenvalue weighted by atomic mass is 16.3. The number of carbonyl (C=O) groups is 1. The van der Waals surface area contributed by atoms with Crippen LogP contribution in [0.15, 0.2) is 41.3 Å². The third-order valence-corrected chi connectivity index (χ3v) is 2.34. The fourth-order valence-electron chi connectivity index (χ4n) is 1.58. The maximum Gasteiger partial charge on any atom is 0.192 e. The first-order valence-corrected chi connectivity index (χ1v) is 5.12. The lowest BCUT2D eigenvalue weighted by Crippen LogP contribution is -2.25. The number of hydrogen-bond acceptors (Lipinski definition) is 3. The summed E-state index contributed by atoms with van der Waals surface area (Å²) in [5.41, 5.74) is 1.72. The van der Waals surface area contributed by atoms with Gasteiger partial charge in [-0.2, -0.15) is 0 Å². The van der Waals surface area contributed by atoms with E-state index in [1.807, 2.05) is 24.1 Å². The number of nitrogens with zero attached hydrogens (tertiary/aromatic N) is 1. The SMILES string of the molecule is CN(CC(=O)c1ccc[nH]1)Cc1ccoc1. The van der Waals surface area contributed by atoms with Gasteiger partial charge in [0.2, 0.25) is 0 Å². The van der Waals surface area contributed by atoms with E-state index in [0.717, 1.165) is 5.56 Å². The lowest BCUT2D eigenvalue weighted by molar-refractivity contribution is 0.0938. The van der Waals surface area contributed by atoms with Gasteiger partial charge in [0.15, 0.2) is 5.78 Å². The van der Waals surface area contributed by atoms with E-state index in [1.165, 1.54) is 0 Å². The van der Waals surface area contributed by atoms with Crippen LogP contribution in [0.3, 0.4) is 0 Å². The van der Waals surface area contributed by atoms with Crippen molar-refractivity contribution in [3.63, 3.8) is 0 Å². The van der Waals surface area contributed by atoms with Gasteiger partial charge in [0, 0.05) is 18.3 Å². The third kappa shape index (κ3) is 2.61. The summed E-state index contributed by atoms with van der Waals surface area (Å²) in [6.07, 6.45) is 5.08. The number of aromatic nitrogens is 1. The van der Waals surface area contributed by atoms with Gasteiger partial charge in [-0.3, -0.25) is 9.69 Å². The van der Waals surface area contributed by atoms with Crippen LogP contribution in [-0.4, -0.2) is 29.3 Å². The summed E-state index contributed by atoms with van der Waals surface area (Å²) < 4.78 is 4.97.